The predicted molar refractivity (Wildman–Crippen MR) is 65.4 cm³/mol. The predicted octanol–water partition coefficient (Wildman–Crippen LogP) is 2.62. The zero-order chi connectivity index (χ0) is 15.7. The van der Waals surface area contributed by atoms with Gasteiger partial charge in [-0.25, -0.2) is 4.39 Å². The van der Waals surface area contributed by atoms with Crippen LogP contribution < -0.4 is 0 Å². The van der Waals surface area contributed by atoms with Crippen LogP contribution in [-0.4, -0.2) is 20.8 Å². The largest absolute Gasteiger partial charge is 0.338 e. The van der Waals surface area contributed by atoms with E-state index in [1.807, 2.05) is 0 Å². The molecule has 0 saturated heterocycles. The maximum atomic E-state index is 14.0. The lowest BCUT2D eigenvalue weighted by molar-refractivity contribution is -0.387. The number of carbonyl (C=O) groups excluding carboxylic acids is 1. The van der Waals surface area contributed by atoms with Crippen molar-refractivity contribution in [3.63, 3.8) is 0 Å². The number of carbonyl (C=O) groups is 1. The summed E-state index contributed by atoms with van der Waals surface area (Å²) >= 11 is 0. The summed E-state index contributed by atoms with van der Waals surface area (Å²) in [4.78, 5) is 24.6. The third-order valence-electron chi connectivity index (χ3n) is 2.91. The summed E-state index contributed by atoms with van der Waals surface area (Å²) in [6, 6.07) is 1.44. The molecule has 2 aromatic rings. The van der Waals surface area contributed by atoms with Crippen molar-refractivity contribution in [2.45, 2.75) is 19.8 Å². The van der Waals surface area contributed by atoms with Crippen molar-refractivity contribution in [2.75, 3.05) is 0 Å². The van der Waals surface area contributed by atoms with E-state index in [-0.39, 0.29) is 11.7 Å². The molecule has 0 aliphatic rings. The monoisotopic (exact) mass is 297 g/mol. The molecule has 0 aliphatic heterocycles. The highest BCUT2D eigenvalue weighted by molar-refractivity contribution is 5.81. The molecular formula is C12H9F2N3O4. The van der Waals surface area contributed by atoms with E-state index >= 15 is 0 Å². The van der Waals surface area contributed by atoms with Gasteiger partial charge in [0.15, 0.2) is 0 Å². The number of aromatic nitrogens is 2. The fourth-order valence-electron chi connectivity index (χ4n) is 1.57. The number of nitrogens with zero attached hydrogens (tertiary/aromatic N) is 3. The first-order valence-electron chi connectivity index (χ1n) is 5.79. The van der Waals surface area contributed by atoms with Crippen molar-refractivity contribution in [1.82, 2.24) is 10.1 Å². The quantitative estimate of drug-likeness (QED) is 0.635. The highest BCUT2D eigenvalue weighted by atomic mass is 19.1. The average Bonchev–Trinajstić information content (AvgIpc) is 2.86. The van der Waals surface area contributed by atoms with Crippen LogP contribution in [0.3, 0.4) is 0 Å². The van der Waals surface area contributed by atoms with E-state index in [9.17, 15) is 23.7 Å². The molecule has 7 nitrogen and oxygen atoms in total. The van der Waals surface area contributed by atoms with E-state index in [2.05, 4.69) is 10.1 Å². The molecule has 21 heavy (non-hydrogen) atoms. The number of halogens is 2. The summed E-state index contributed by atoms with van der Waals surface area (Å²) in [6.45, 7) is 2.78. The second-order valence-electron chi connectivity index (χ2n) is 4.30. The fourth-order valence-corrected chi connectivity index (χ4v) is 1.57. The van der Waals surface area contributed by atoms with E-state index in [4.69, 9.17) is 4.52 Å². The van der Waals surface area contributed by atoms with Crippen LogP contribution in [0.5, 0.6) is 0 Å². The molecule has 0 bridgehead atoms. The number of ketones is 1. The van der Waals surface area contributed by atoms with E-state index in [1.54, 1.807) is 0 Å². The fraction of sp³-hybridized carbons (Fsp3) is 0.250. The number of hydrogen-bond donors (Lipinski definition) is 0. The van der Waals surface area contributed by atoms with Gasteiger partial charge in [0.25, 0.3) is 0 Å². The van der Waals surface area contributed by atoms with Gasteiger partial charge in [0.1, 0.15) is 17.2 Å². The van der Waals surface area contributed by atoms with Crippen molar-refractivity contribution in [3.8, 4) is 11.4 Å². The number of nitro groups is 1. The minimum absolute atomic E-state index is 0.122. The first kappa shape index (κ1) is 14.7. The Morgan fingerprint density at radius 3 is 2.67 bits per heavy atom. The molecule has 110 valence electrons. The number of benzene rings is 1. The van der Waals surface area contributed by atoms with Crippen LogP contribution in [-0.2, 0) is 4.79 Å². The number of Topliss-reactive ketones (excluding diaryl/α,β-unsaturated/α-hetero) is 1. The van der Waals surface area contributed by atoms with Crippen molar-refractivity contribution in [1.29, 1.82) is 0 Å². The van der Waals surface area contributed by atoms with Gasteiger partial charge in [-0.1, -0.05) is 5.16 Å². The lowest BCUT2D eigenvalue weighted by Gasteiger charge is -2.01. The molecule has 1 aromatic heterocycles. The zero-order valence-electron chi connectivity index (χ0n) is 11.0. The standard InChI is InChI=1S/C12H9F2N3O4/c1-5(6(2)18)12-15-11(16-21-12)9-7(13)3-4-8(10(9)14)17(19)20/h3-5H,1-2H3. The van der Waals surface area contributed by atoms with Crippen LogP contribution >= 0.6 is 0 Å². The molecule has 0 fully saturated rings. The first-order chi connectivity index (χ1) is 9.82. The molecule has 0 amide bonds. The van der Waals surface area contributed by atoms with E-state index < -0.39 is 39.6 Å². The molecular weight excluding hydrogens is 288 g/mol. The highest BCUT2D eigenvalue weighted by Crippen LogP contribution is 2.30. The van der Waals surface area contributed by atoms with E-state index in [0.717, 1.165) is 6.07 Å². The molecule has 1 atom stereocenters. The molecule has 0 saturated carbocycles. The Kier molecular flexibility index (Phi) is 3.74. The second kappa shape index (κ2) is 5.35. The Labute approximate surface area is 116 Å². The van der Waals surface area contributed by atoms with Crippen molar-refractivity contribution in [3.05, 3.63) is 39.8 Å². The van der Waals surface area contributed by atoms with Gasteiger partial charge in [-0.3, -0.25) is 14.9 Å². The highest BCUT2D eigenvalue weighted by Gasteiger charge is 2.27. The average molecular weight is 297 g/mol. The summed E-state index contributed by atoms with van der Waals surface area (Å²) in [5.41, 5.74) is -1.67. The van der Waals surface area contributed by atoms with Gasteiger partial charge in [0.2, 0.25) is 17.5 Å². The van der Waals surface area contributed by atoms with Crippen molar-refractivity contribution in [2.24, 2.45) is 0 Å². The normalized spacial score (nSPS) is 12.2. The molecule has 1 aromatic carbocycles. The Balaban J connectivity index is 2.55. The number of nitro benzene ring substituents is 1. The Morgan fingerprint density at radius 2 is 2.10 bits per heavy atom. The van der Waals surface area contributed by atoms with Crippen LogP contribution in [0.15, 0.2) is 16.7 Å². The Morgan fingerprint density at radius 1 is 1.43 bits per heavy atom. The minimum Gasteiger partial charge on any atom is -0.338 e. The number of rotatable bonds is 4. The van der Waals surface area contributed by atoms with Gasteiger partial charge in [-0.05, 0) is 19.9 Å². The SMILES string of the molecule is CC(=O)C(C)c1nc(-c2c(F)ccc([N+](=O)[O-])c2F)no1. The smallest absolute Gasteiger partial charge is 0.305 e. The van der Waals surface area contributed by atoms with Gasteiger partial charge in [-0.15, -0.1) is 0 Å². The first-order valence-corrected chi connectivity index (χ1v) is 5.79. The molecule has 0 N–H and O–H groups in total. The Hall–Kier alpha value is -2.71. The molecule has 1 unspecified atom stereocenters. The maximum absolute atomic E-state index is 14.0. The summed E-state index contributed by atoms with van der Waals surface area (Å²) in [5, 5.41) is 14.0. The molecule has 0 radical (unpaired) electrons. The van der Waals surface area contributed by atoms with Crippen molar-refractivity contribution < 1.29 is 23.0 Å². The molecule has 0 aliphatic carbocycles. The Bertz CT molecular complexity index is 729. The summed E-state index contributed by atoms with van der Waals surface area (Å²) in [7, 11) is 0. The van der Waals surface area contributed by atoms with E-state index in [1.165, 1.54) is 13.8 Å². The lowest BCUT2D eigenvalue weighted by Crippen LogP contribution is -2.04. The molecule has 9 heteroatoms. The van der Waals surface area contributed by atoms with Crippen LogP contribution in [0, 0.1) is 21.7 Å². The lowest BCUT2D eigenvalue weighted by atomic mass is 10.1. The van der Waals surface area contributed by atoms with Crippen LogP contribution in [0.2, 0.25) is 0 Å². The van der Waals surface area contributed by atoms with Crippen LogP contribution in [0.4, 0.5) is 14.5 Å². The number of hydrogen-bond acceptors (Lipinski definition) is 6. The van der Waals surface area contributed by atoms with Gasteiger partial charge < -0.3 is 4.52 Å². The van der Waals surface area contributed by atoms with Gasteiger partial charge in [0, 0.05) is 6.07 Å². The van der Waals surface area contributed by atoms with Crippen LogP contribution in [0.25, 0.3) is 11.4 Å². The summed E-state index contributed by atoms with van der Waals surface area (Å²) in [5.74, 6) is -4.09. The van der Waals surface area contributed by atoms with Gasteiger partial charge in [0.05, 0.1) is 10.8 Å². The maximum Gasteiger partial charge on any atom is 0.305 e. The van der Waals surface area contributed by atoms with Gasteiger partial charge >= 0.3 is 5.69 Å². The van der Waals surface area contributed by atoms with Gasteiger partial charge in [-0.2, -0.15) is 9.37 Å². The summed E-state index contributed by atoms with van der Waals surface area (Å²) in [6.07, 6.45) is 0. The van der Waals surface area contributed by atoms with Crippen LogP contribution in [0.1, 0.15) is 25.7 Å². The van der Waals surface area contributed by atoms with Crippen molar-refractivity contribution >= 4 is 11.5 Å². The zero-order valence-corrected chi connectivity index (χ0v) is 11.0. The summed E-state index contributed by atoms with van der Waals surface area (Å²) < 4.78 is 32.4. The molecule has 2 rings (SSSR count). The topological polar surface area (TPSA) is 99.1 Å². The van der Waals surface area contributed by atoms with E-state index in [0.29, 0.717) is 6.07 Å². The second-order valence-corrected chi connectivity index (χ2v) is 4.30. The third kappa shape index (κ3) is 2.62. The molecule has 1 heterocycles. The minimum atomic E-state index is -1.40. The molecule has 0 spiro atoms. The third-order valence-corrected chi connectivity index (χ3v) is 2.91.